The first-order valence-electron chi connectivity index (χ1n) is 5.07. The van der Waals surface area contributed by atoms with Crippen molar-refractivity contribution in [1.82, 2.24) is 4.90 Å². The topological polar surface area (TPSA) is 65.7 Å². The average molecular weight is 229 g/mol. The first kappa shape index (κ1) is 11.1. The fourth-order valence-electron chi connectivity index (χ4n) is 1.78. The lowest BCUT2D eigenvalue weighted by atomic mass is 10.0. The number of ether oxygens (including phenoxy) is 1. The van der Waals surface area contributed by atoms with Gasteiger partial charge in [0.1, 0.15) is 6.04 Å². The predicted molar refractivity (Wildman–Crippen MR) is 61.7 cm³/mol. The van der Waals surface area contributed by atoms with Crippen LogP contribution in [0.25, 0.3) is 0 Å². The van der Waals surface area contributed by atoms with E-state index in [1.54, 1.807) is 13.1 Å². The monoisotopic (exact) mass is 229 g/mol. The van der Waals surface area contributed by atoms with Crippen LogP contribution in [0.4, 0.5) is 5.69 Å². The first-order valence-corrected chi connectivity index (χ1v) is 5.07. The Morgan fingerprint density at radius 3 is 2.88 bits per heavy atom. The molecule has 0 saturated carbocycles. The van der Waals surface area contributed by atoms with Crippen molar-refractivity contribution in [2.75, 3.05) is 14.2 Å². The summed E-state index contributed by atoms with van der Waals surface area (Å²) in [4.78, 5) is 17.3. The molecule has 1 aromatic carbocycles. The Labute approximate surface area is 98.9 Å². The number of nitrogens with zero attached hydrogens (tertiary/aromatic N) is 3. The van der Waals surface area contributed by atoms with Gasteiger partial charge in [-0.15, -0.1) is 0 Å². The molecule has 0 amide bonds. The van der Waals surface area contributed by atoms with Crippen molar-refractivity contribution in [2.45, 2.75) is 6.04 Å². The molecule has 1 aliphatic heterocycles. The van der Waals surface area contributed by atoms with E-state index in [1.807, 2.05) is 18.2 Å². The van der Waals surface area contributed by atoms with Crippen LogP contribution in [0.3, 0.4) is 0 Å². The normalized spacial score (nSPS) is 17.8. The van der Waals surface area contributed by atoms with Crippen LogP contribution in [0.5, 0.6) is 0 Å². The van der Waals surface area contributed by atoms with Crippen LogP contribution >= 0.6 is 0 Å². The number of amidine groups is 1. The van der Waals surface area contributed by atoms with Gasteiger partial charge in [-0.3, -0.25) is 0 Å². The van der Waals surface area contributed by atoms with Gasteiger partial charge in [-0.25, -0.2) is 9.79 Å². The predicted octanol–water partition coefficient (Wildman–Crippen LogP) is 1.40. The molecule has 86 valence electrons. The molecule has 2 rings (SSSR count). The summed E-state index contributed by atoms with van der Waals surface area (Å²) in [6.45, 7) is 0. The number of methoxy groups -OCH3 is 1. The maximum absolute atomic E-state index is 11.5. The molecule has 0 N–H and O–H groups in total. The molecular formula is C12H11N3O2. The number of carbonyl (C=O) groups is 1. The van der Waals surface area contributed by atoms with Gasteiger partial charge in [0.2, 0.25) is 5.84 Å². The Bertz CT molecular complexity index is 531. The number of carbonyl (C=O) groups excluding carboxylic acids is 1. The summed E-state index contributed by atoms with van der Waals surface area (Å²) in [7, 11) is 2.94. The third-order valence-corrected chi connectivity index (χ3v) is 2.67. The second-order valence-corrected chi connectivity index (χ2v) is 3.63. The zero-order valence-electron chi connectivity index (χ0n) is 9.54. The lowest BCUT2D eigenvalue weighted by Crippen LogP contribution is -2.38. The minimum absolute atomic E-state index is 0.151. The Kier molecular flexibility index (Phi) is 2.79. The number of hydrogen-bond acceptors (Lipinski definition) is 5. The highest BCUT2D eigenvalue weighted by molar-refractivity contribution is 6.36. The van der Waals surface area contributed by atoms with Gasteiger partial charge < -0.3 is 9.64 Å². The Hall–Kier alpha value is -2.35. The molecule has 0 radical (unpaired) electrons. The number of nitriles is 1. The van der Waals surface area contributed by atoms with Crippen molar-refractivity contribution in [2.24, 2.45) is 4.99 Å². The van der Waals surface area contributed by atoms with Crippen molar-refractivity contribution in [3.05, 3.63) is 29.8 Å². The van der Waals surface area contributed by atoms with Crippen LogP contribution in [0.15, 0.2) is 29.3 Å². The third-order valence-electron chi connectivity index (χ3n) is 2.67. The van der Waals surface area contributed by atoms with Gasteiger partial charge in [0.05, 0.1) is 18.9 Å². The molecular weight excluding hydrogens is 218 g/mol. The zero-order valence-corrected chi connectivity index (χ0v) is 9.54. The highest BCUT2D eigenvalue weighted by Gasteiger charge is 2.31. The maximum Gasteiger partial charge on any atom is 0.373 e. The van der Waals surface area contributed by atoms with E-state index < -0.39 is 12.0 Å². The van der Waals surface area contributed by atoms with Gasteiger partial charge in [-0.1, -0.05) is 18.2 Å². The number of rotatable bonds is 1. The van der Waals surface area contributed by atoms with Crippen LogP contribution in [0.1, 0.15) is 11.6 Å². The summed E-state index contributed by atoms with van der Waals surface area (Å²) < 4.78 is 4.65. The van der Waals surface area contributed by atoms with Gasteiger partial charge >= 0.3 is 5.97 Å². The number of fused-ring (bicyclic) bond motifs is 1. The van der Waals surface area contributed by atoms with Crippen LogP contribution in [0, 0.1) is 11.3 Å². The van der Waals surface area contributed by atoms with Crippen LogP contribution in [-0.4, -0.2) is 30.9 Å². The molecule has 5 nitrogen and oxygen atoms in total. The van der Waals surface area contributed by atoms with E-state index in [9.17, 15) is 10.1 Å². The lowest BCUT2D eigenvalue weighted by Gasteiger charge is -2.29. The van der Waals surface area contributed by atoms with Crippen molar-refractivity contribution in [1.29, 1.82) is 5.26 Å². The van der Waals surface area contributed by atoms with E-state index in [0.717, 1.165) is 5.56 Å². The van der Waals surface area contributed by atoms with Crippen LogP contribution in [-0.2, 0) is 9.53 Å². The average Bonchev–Trinajstić information content (AvgIpc) is 2.37. The Morgan fingerprint density at radius 1 is 1.53 bits per heavy atom. The molecule has 0 aromatic heterocycles. The van der Waals surface area contributed by atoms with Gasteiger partial charge in [-0.2, -0.15) is 5.26 Å². The van der Waals surface area contributed by atoms with Crippen molar-refractivity contribution in [3.63, 3.8) is 0 Å². The summed E-state index contributed by atoms with van der Waals surface area (Å²) >= 11 is 0. The molecule has 0 fully saturated rings. The van der Waals surface area contributed by atoms with E-state index in [1.165, 1.54) is 12.0 Å². The van der Waals surface area contributed by atoms with Crippen molar-refractivity contribution >= 4 is 17.5 Å². The molecule has 1 aliphatic rings. The molecule has 0 saturated heterocycles. The molecule has 0 spiro atoms. The van der Waals surface area contributed by atoms with Crippen LogP contribution < -0.4 is 0 Å². The molecule has 1 aromatic rings. The molecule has 1 atom stereocenters. The molecule has 5 heteroatoms. The molecule has 0 bridgehead atoms. The van der Waals surface area contributed by atoms with Gasteiger partial charge in [0, 0.05) is 12.6 Å². The van der Waals surface area contributed by atoms with Gasteiger partial charge in [0.15, 0.2) is 0 Å². The summed E-state index contributed by atoms with van der Waals surface area (Å²) in [5.41, 5.74) is 1.43. The summed E-state index contributed by atoms with van der Waals surface area (Å²) in [5.74, 6) is -0.389. The smallest absolute Gasteiger partial charge is 0.373 e. The summed E-state index contributed by atoms with van der Waals surface area (Å²) in [6.07, 6.45) is 0. The quantitative estimate of drug-likeness (QED) is 0.683. The van der Waals surface area contributed by atoms with Crippen LogP contribution in [0.2, 0.25) is 0 Å². The largest absolute Gasteiger partial charge is 0.463 e. The van der Waals surface area contributed by atoms with Crippen molar-refractivity contribution in [3.8, 4) is 6.07 Å². The lowest BCUT2D eigenvalue weighted by molar-refractivity contribution is -0.133. The van der Waals surface area contributed by atoms with Gasteiger partial charge in [0.25, 0.3) is 0 Å². The number of benzene rings is 1. The minimum atomic E-state index is -0.540. The third kappa shape index (κ3) is 1.74. The van der Waals surface area contributed by atoms with E-state index in [4.69, 9.17) is 0 Å². The first-order chi connectivity index (χ1) is 8.19. The second-order valence-electron chi connectivity index (χ2n) is 3.63. The van der Waals surface area contributed by atoms with E-state index in [2.05, 4.69) is 15.8 Å². The number of para-hydroxylation sites is 1. The minimum Gasteiger partial charge on any atom is -0.463 e. The molecule has 1 unspecified atom stereocenters. The molecule has 1 heterocycles. The number of aliphatic imine (C=N–C) groups is 1. The Morgan fingerprint density at radius 2 is 2.24 bits per heavy atom. The second kappa shape index (κ2) is 4.26. The highest BCUT2D eigenvalue weighted by atomic mass is 16.5. The maximum atomic E-state index is 11.5. The van der Waals surface area contributed by atoms with E-state index >= 15 is 0 Å². The molecule has 0 aliphatic carbocycles. The molecule has 17 heavy (non-hydrogen) atoms. The fourth-order valence-corrected chi connectivity index (χ4v) is 1.78. The standard InChI is InChI=1S/C12H11N3O2/c1-15-10(7-13)8-5-3-4-6-9(8)14-11(15)12(16)17-2/h3-6,10H,1-2H3. The van der Waals surface area contributed by atoms with Gasteiger partial charge in [-0.05, 0) is 6.07 Å². The van der Waals surface area contributed by atoms with E-state index in [-0.39, 0.29) is 5.84 Å². The summed E-state index contributed by atoms with van der Waals surface area (Å²) in [6, 6.07) is 8.90. The SMILES string of the molecule is COC(=O)C1=Nc2ccccc2C(C#N)N1C. The zero-order chi connectivity index (χ0) is 12.4. The number of hydrogen-bond donors (Lipinski definition) is 0. The van der Waals surface area contributed by atoms with Crippen molar-refractivity contribution < 1.29 is 9.53 Å². The Balaban J connectivity index is 2.56. The number of likely N-dealkylation sites (N-methyl/N-ethyl adjacent to an activating group) is 1. The van der Waals surface area contributed by atoms with E-state index in [0.29, 0.717) is 5.69 Å². The summed E-state index contributed by atoms with van der Waals surface area (Å²) in [5, 5.41) is 9.18. The number of esters is 1. The highest BCUT2D eigenvalue weighted by Crippen LogP contribution is 2.33. The fraction of sp³-hybridized carbons (Fsp3) is 0.250.